The van der Waals surface area contributed by atoms with E-state index in [1.807, 2.05) is 12.1 Å². The number of aromatic nitrogens is 1. The Morgan fingerprint density at radius 1 is 1.07 bits per heavy atom. The number of ketones is 1. The molecule has 10 heteroatoms. The van der Waals surface area contributed by atoms with Crippen LogP contribution in [0.25, 0.3) is 10.9 Å². The van der Waals surface area contributed by atoms with Crippen LogP contribution in [0.3, 0.4) is 0 Å². The average molecular weight is 623 g/mol. The van der Waals surface area contributed by atoms with Crippen molar-refractivity contribution < 1.29 is 27.4 Å². The number of Topliss-reactive ketones (excluding diaryl/α,β-unsaturated/α-hetero) is 1. The summed E-state index contributed by atoms with van der Waals surface area (Å²) in [5, 5.41) is 7.55. The number of nitrogens with one attached hydrogen (secondary N) is 2. The van der Waals surface area contributed by atoms with E-state index in [4.69, 9.17) is 9.47 Å². The number of fused-ring (bicyclic) bond motifs is 1. The number of carbonyl (C=O) groups excluding carboxylic acids is 1. The fraction of sp³-hybridized carbons (Fsp3) is 0.514. The van der Waals surface area contributed by atoms with Crippen LogP contribution in [0.15, 0.2) is 42.5 Å². The molecule has 0 atom stereocenters. The van der Waals surface area contributed by atoms with Gasteiger partial charge in [-0.1, -0.05) is 12.0 Å². The molecule has 3 aliphatic rings. The van der Waals surface area contributed by atoms with Crippen molar-refractivity contribution in [3.63, 3.8) is 0 Å². The number of anilines is 2. The first kappa shape index (κ1) is 31.3. The number of ether oxygens (including phenoxy) is 2. The van der Waals surface area contributed by atoms with E-state index in [-0.39, 0.29) is 18.4 Å². The molecule has 7 nitrogen and oxygen atoms in total. The monoisotopic (exact) mass is 622 g/mol. The molecule has 1 aliphatic carbocycles. The maximum atomic E-state index is 13.7. The lowest BCUT2D eigenvalue weighted by molar-refractivity contribution is -0.140. The molecule has 1 aromatic heterocycles. The number of hydrogen-bond donors (Lipinski definition) is 2. The van der Waals surface area contributed by atoms with Crippen LogP contribution in [0, 0.1) is 17.3 Å². The Bertz CT molecular complexity index is 1580. The molecule has 240 valence electrons. The van der Waals surface area contributed by atoms with Crippen LogP contribution < -0.4 is 15.4 Å². The summed E-state index contributed by atoms with van der Waals surface area (Å²) in [6.45, 7) is 4.69. The zero-order chi connectivity index (χ0) is 31.6. The van der Waals surface area contributed by atoms with Gasteiger partial charge in [0.05, 0.1) is 30.6 Å². The predicted octanol–water partition coefficient (Wildman–Crippen LogP) is 6.71. The Kier molecular flexibility index (Phi) is 9.03. The van der Waals surface area contributed by atoms with Gasteiger partial charge >= 0.3 is 6.18 Å². The molecule has 6 rings (SSSR count). The summed E-state index contributed by atoms with van der Waals surface area (Å²) in [6, 6.07) is 13.2. The van der Waals surface area contributed by atoms with Crippen LogP contribution in [-0.4, -0.2) is 73.5 Å². The lowest BCUT2D eigenvalue weighted by Gasteiger charge is -2.56. The van der Waals surface area contributed by atoms with Gasteiger partial charge in [0, 0.05) is 60.4 Å². The first-order valence-electron chi connectivity index (χ1n) is 15.8. The van der Waals surface area contributed by atoms with Gasteiger partial charge in [-0.15, -0.1) is 0 Å². The summed E-state index contributed by atoms with van der Waals surface area (Å²) in [7, 11) is 1.51. The number of methoxy groups -OCH3 is 1. The molecular weight excluding hydrogens is 581 g/mol. The molecule has 0 unspecified atom stereocenters. The molecule has 3 fully saturated rings. The zero-order valence-electron chi connectivity index (χ0n) is 25.9. The van der Waals surface area contributed by atoms with Crippen molar-refractivity contribution in [1.29, 1.82) is 0 Å². The number of halogens is 3. The minimum absolute atomic E-state index is 0.0751. The smallest absolute Gasteiger partial charge is 0.406 e. The second kappa shape index (κ2) is 13.0. The van der Waals surface area contributed by atoms with Crippen molar-refractivity contribution in [1.82, 2.24) is 9.47 Å². The third-order valence-electron chi connectivity index (χ3n) is 9.68. The minimum Gasteiger partial charge on any atom is -0.495 e. The number of hydrogen-bond acceptors (Lipinski definition) is 6. The molecule has 1 saturated carbocycles. The van der Waals surface area contributed by atoms with Crippen molar-refractivity contribution in [2.45, 2.75) is 70.3 Å². The Balaban J connectivity index is 1.13. The normalized spacial score (nSPS) is 21.5. The van der Waals surface area contributed by atoms with E-state index in [2.05, 4.69) is 27.4 Å². The Morgan fingerprint density at radius 3 is 2.51 bits per heavy atom. The molecule has 2 aliphatic heterocycles. The molecule has 3 aromatic rings. The second-order valence-corrected chi connectivity index (χ2v) is 12.8. The Hall–Kier alpha value is -3.68. The summed E-state index contributed by atoms with van der Waals surface area (Å²) in [4.78, 5) is 14.3. The highest BCUT2D eigenvalue weighted by molar-refractivity contribution is 5.95. The maximum Gasteiger partial charge on any atom is 0.406 e. The summed E-state index contributed by atoms with van der Waals surface area (Å²) in [5.74, 6) is 6.35. The van der Waals surface area contributed by atoms with Gasteiger partial charge in [-0.3, -0.25) is 9.69 Å². The van der Waals surface area contributed by atoms with Gasteiger partial charge in [0.1, 0.15) is 12.3 Å². The van der Waals surface area contributed by atoms with Gasteiger partial charge in [0.25, 0.3) is 0 Å². The molecule has 1 spiro atoms. The van der Waals surface area contributed by atoms with E-state index in [0.717, 1.165) is 50.0 Å². The van der Waals surface area contributed by atoms with Gasteiger partial charge in [-0.05, 0) is 87.8 Å². The van der Waals surface area contributed by atoms with Gasteiger partial charge in [-0.2, -0.15) is 13.2 Å². The van der Waals surface area contributed by atoms with E-state index in [0.29, 0.717) is 39.7 Å². The summed E-state index contributed by atoms with van der Waals surface area (Å²) < 4.78 is 53.3. The first-order chi connectivity index (χ1) is 21.6. The van der Waals surface area contributed by atoms with Crippen molar-refractivity contribution in [2.75, 3.05) is 50.6 Å². The topological polar surface area (TPSA) is 67.8 Å². The van der Waals surface area contributed by atoms with E-state index < -0.39 is 12.7 Å². The van der Waals surface area contributed by atoms with Crippen LogP contribution in [0.5, 0.6) is 5.75 Å². The van der Waals surface area contributed by atoms with Gasteiger partial charge < -0.3 is 24.7 Å². The molecule has 2 N–H and O–H groups in total. The van der Waals surface area contributed by atoms with Crippen LogP contribution in [0.2, 0.25) is 0 Å². The fourth-order valence-corrected chi connectivity index (χ4v) is 7.19. The largest absolute Gasteiger partial charge is 0.495 e. The zero-order valence-corrected chi connectivity index (χ0v) is 25.9. The van der Waals surface area contributed by atoms with Crippen molar-refractivity contribution in [2.24, 2.45) is 5.41 Å². The predicted molar refractivity (Wildman–Crippen MR) is 170 cm³/mol. The Morgan fingerprint density at radius 2 is 1.82 bits per heavy atom. The van der Waals surface area contributed by atoms with Gasteiger partial charge in [0.15, 0.2) is 5.78 Å². The number of alkyl halides is 3. The lowest BCUT2D eigenvalue weighted by atomic mass is 9.71. The quantitative estimate of drug-likeness (QED) is 0.215. The number of likely N-dealkylation sites (tertiary alicyclic amines) is 1. The van der Waals surface area contributed by atoms with Gasteiger partial charge in [0.2, 0.25) is 0 Å². The fourth-order valence-electron chi connectivity index (χ4n) is 7.19. The van der Waals surface area contributed by atoms with Crippen LogP contribution in [0.4, 0.5) is 24.5 Å². The highest BCUT2D eigenvalue weighted by atomic mass is 19.4. The van der Waals surface area contributed by atoms with Gasteiger partial charge in [-0.25, -0.2) is 0 Å². The molecule has 0 amide bonds. The average Bonchev–Trinajstić information content (AvgIpc) is 3.35. The van der Waals surface area contributed by atoms with Crippen LogP contribution in [0.1, 0.15) is 61.5 Å². The number of rotatable bonds is 8. The van der Waals surface area contributed by atoms with Crippen LogP contribution >= 0.6 is 0 Å². The molecule has 2 saturated heterocycles. The molecule has 3 heterocycles. The second-order valence-electron chi connectivity index (χ2n) is 12.8. The maximum absolute atomic E-state index is 13.7. The van der Waals surface area contributed by atoms with Crippen molar-refractivity contribution in [3.05, 3.63) is 53.7 Å². The number of carbonyl (C=O) groups is 1. The van der Waals surface area contributed by atoms with E-state index in [9.17, 15) is 18.0 Å². The summed E-state index contributed by atoms with van der Waals surface area (Å²) >= 11 is 0. The molecular formula is C35H41F3N4O3. The van der Waals surface area contributed by atoms with E-state index in [1.54, 1.807) is 30.3 Å². The lowest BCUT2D eigenvalue weighted by Crippen LogP contribution is -2.62. The van der Waals surface area contributed by atoms with E-state index >= 15 is 0 Å². The molecule has 2 aromatic carbocycles. The van der Waals surface area contributed by atoms with Crippen molar-refractivity contribution >= 4 is 28.1 Å². The summed E-state index contributed by atoms with van der Waals surface area (Å²) in [5.41, 5.74) is 3.30. The third-order valence-corrected chi connectivity index (χ3v) is 9.68. The third kappa shape index (κ3) is 7.10. The Labute approximate surface area is 262 Å². The number of nitrogens with zero attached hydrogens (tertiary/aromatic N) is 2. The van der Waals surface area contributed by atoms with Crippen molar-refractivity contribution in [3.8, 4) is 17.6 Å². The molecule has 45 heavy (non-hydrogen) atoms. The first-order valence-corrected chi connectivity index (χ1v) is 15.8. The molecule has 0 bridgehead atoms. The minimum atomic E-state index is -4.39. The SMILES string of the molecule is COc1cc(C(C)=O)ccc1NCC#Cc1cc2c(N[C@H]3CC[C@@H](N4CC5(CCOCC5)C4)CC3)cccc2n1CC(F)(F)F. The summed E-state index contributed by atoms with van der Waals surface area (Å²) in [6.07, 6.45) is 2.27. The highest BCUT2D eigenvalue weighted by Crippen LogP contribution is 2.43. The molecule has 0 radical (unpaired) electrons. The standard InChI is InChI=1S/C35H41F3N4O3/c1-24(43)25-8-13-31(33(19-25)44-2)39-16-4-5-28-20-29-30(6-3-7-32(29)42(28)23-35(36,37)38)40-26-9-11-27(12-10-26)41-21-34(22-41)14-17-45-18-15-34/h3,6-8,13,19-20,26-27,39-40H,9-12,14-18,21-23H2,1-2H3/t26-,27+. The van der Waals surface area contributed by atoms with Crippen LogP contribution in [-0.2, 0) is 11.3 Å². The number of benzene rings is 2. The highest BCUT2D eigenvalue weighted by Gasteiger charge is 2.46. The van der Waals surface area contributed by atoms with E-state index in [1.165, 1.54) is 44.5 Å².